The van der Waals surface area contributed by atoms with E-state index in [9.17, 15) is 4.39 Å². The number of hydrogen-bond acceptors (Lipinski definition) is 4. The fourth-order valence-electron chi connectivity index (χ4n) is 1.30. The normalized spacial score (nSPS) is 15.5. The third-order valence-electron chi connectivity index (χ3n) is 2.21. The van der Waals surface area contributed by atoms with Crippen molar-refractivity contribution in [1.29, 1.82) is 0 Å². The van der Waals surface area contributed by atoms with Crippen molar-refractivity contribution in [2.75, 3.05) is 0 Å². The van der Waals surface area contributed by atoms with Gasteiger partial charge in [0, 0.05) is 30.4 Å². The molecule has 5 heteroatoms. The van der Waals surface area contributed by atoms with Crippen LogP contribution in [-0.2, 0) is 0 Å². The van der Waals surface area contributed by atoms with Crippen LogP contribution in [0.1, 0.15) is 5.56 Å². The number of hydrogen-bond donors (Lipinski definition) is 1. The Balaban J connectivity index is 2.22. The fourth-order valence-corrected chi connectivity index (χ4v) is 1.30. The molecule has 2 rings (SSSR count). The van der Waals surface area contributed by atoms with Gasteiger partial charge in [0.25, 0.3) is 0 Å². The molecule has 0 spiro atoms. The summed E-state index contributed by atoms with van der Waals surface area (Å²) in [6, 6.07) is 2.83. The van der Waals surface area contributed by atoms with Crippen LogP contribution in [0.25, 0.3) is 5.70 Å². The maximum absolute atomic E-state index is 12.6. The van der Waals surface area contributed by atoms with Gasteiger partial charge < -0.3 is 10.6 Å². The molecular weight excluding hydrogens is 219 g/mol. The number of nitrogens with two attached hydrogens (primary N) is 1. The summed E-state index contributed by atoms with van der Waals surface area (Å²) >= 11 is 0. The van der Waals surface area contributed by atoms with E-state index in [1.54, 1.807) is 35.8 Å². The average Bonchev–Trinajstić information content (AvgIpc) is 2.33. The molecule has 0 unspecified atom stereocenters. The first-order valence-corrected chi connectivity index (χ1v) is 4.93. The Morgan fingerprint density at radius 1 is 1.47 bits per heavy atom. The number of aliphatic imine (C=N–C) groups is 1. The molecule has 1 aliphatic heterocycles. The van der Waals surface area contributed by atoms with E-state index in [0.29, 0.717) is 17.0 Å². The molecule has 0 radical (unpaired) electrons. The molecule has 0 saturated heterocycles. The molecule has 0 aliphatic carbocycles. The Labute approximate surface area is 98.3 Å². The number of allylic oxidation sites excluding steroid dienone is 1. The molecule has 0 saturated carbocycles. The lowest BCUT2D eigenvalue weighted by Gasteiger charge is -2.18. The summed E-state index contributed by atoms with van der Waals surface area (Å²) < 4.78 is 12.6. The van der Waals surface area contributed by atoms with Gasteiger partial charge in [-0.3, -0.25) is 4.99 Å². The predicted molar refractivity (Wildman–Crippen MR) is 65.0 cm³/mol. The fraction of sp³-hybridized carbons (Fsp3) is 0. The topological polar surface area (TPSA) is 54.5 Å². The minimum Gasteiger partial charge on any atom is -0.397 e. The quantitative estimate of drug-likeness (QED) is 0.789. The van der Waals surface area contributed by atoms with Crippen molar-refractivity contribution in [3.63, 3.8) is 0 Å². The van der Waals surface area contributed by atoms with Crippen LogP contribution in [0.3, 0.4) is 0 Å². The van der Waals surface area contributed by atoms with Crippen LogP contribution in [0.5, 0.6) is 0 Å². The van der Waals surface area contributed by atoms with Crippen LogP contribution in [0.4, 0.5) is 4.39 Å². The van der Waals surface area contributed by atoms with Crippen molar-refractivity contribution < 1.29 is 4.39 Å². The van der Waals surface area contributed by atoms with Crippen molar-refractivity contribution in [3.8, 4) is 0 Å². The smallest absolute Gasteiger partial charge is 0.212 e. The summed E-state index contributed by atoms with van der Waals surface area (Å²) in [6.07, 6.45) is 8.03. The highest BCUT2D eigenvalue weighted by atomic mass is 19.1. The molecule has 0 aromatic carbocycles. The maximum atomic E-state index is 12.6. The second-order valence-corrected chi connectivity index (χ2v) is 3.43. The molecule has 1 aliphatic rings. The molecule has 0 fully saturated rings. The van der Waals surface area contributed by atoms with Crippen molar-refractivity contribution in [3.05, 3.63) is 60.7 Å². The third-order valence-corrected chi connectivity index (χ3v) is 2.21. The van der Waals surface area contributed by atoms with Crippen molar-refractivity contribution in [2.45, 2.75) is 0 Å². The summed E-state index contributed by atoms with van der Waals surface area (Å²) in [6.45, 7) is 3.81. The van der Waals surface area contributed by atoms with Gasteiger partial charge in [0.15, 0.2) is 0 Å². The largest absolute Gasteiger partial charge is 0.397 e. The van der Waals surface area contributed by atoms with Crippen molar-refractivity contribution >= 4 is 11.9 Å². The summed E-state index contributed by atoms with van der Waals surface area (Å²) in [4.78, 5) is 9.19. The lowest BCUT2D eigenvalue weighted by molar-refractivity contribution is 0.583. The van der Waals surface area contributed by atoms with Gasteiger partial charge in [-0.15, -0.1) is 0 Å². The van der Waals surface area contributed by atoms with E-state index in [4.69, 9.17) is 5.73 Å². The Hall–Kier alpha value is -2.43. The summed E-state index contributed by atoms with van der Waals surface area (Å²) in [5.74, 6) is -0.532. The number of aromatic nitrogens is 1. The van der Waals surface area contributed by atoms with E-state index in [1.165, 1.54) is 12.3 Å². The van der Waals surface area contributed by atoms with E-state index in [2.05, 4.69) is 16.6 Å². The number of nitrogens with zero attached hydrogens (tertiary/aromatic N) is 3. The molecule has 17 heavy (non-hydrogen) atoms. The maximum Gasteiger partial charge on any atom is 0.212 e. The van der Waals surface area contributed by atoms with Crippen LogP contribution in [0, 0.1) is 5.95 Å². The summed E-state index contributed by atoms with van der Waals surface area (Å²) in [5.41, 5.74) is 7.69. The van der Waals surface area contributed by atoms with Crippen LogP contribution < -0.4 is 5.73 Å². The first-order chi connectivity index (χ1) is 8.16. The molecule has 0 bridgehead atoms. The zero-order chi connectivity index (χ0) is 12.3. The molecule has 86 valence electrons. The zero-order valence-corrected chi connectivity index (χ0v) is 9.05. The Morgan fingerprint density at radius 3 is 2.94 bits per heavy atom. The van der Waals surface area contributed by atoms with Gasteiger partial charge in [0.1, 0.15) is 0 Å². The van der Waals surface area contributed by atoms with Crippen LogP contribution in [-0.4, -0.2) is 16.1 Å². The highest BCUT2D eigenvalue weighted by Crippen LogP contribution is 2.13. The van der Waals surface area contributed by atoms with Gasteiger partial charge in [-0.2, -0.15) is 4.39 Å². The van der Waals surface area contributed by atoms with Crippen LogP contribution in [0.2, 0.25) is 0 Å². The number of halogens is 1. The van der Waals surface area contributed by atoms with Crippen molar-refractivity contribution in [1.82, 2.24) is 9.88 Å². The van der Waals surface area contributed by atoms with Gasteiger partial charge in [0.05, 0.1) is 17.6 Å². The molecule has 2 N–H and O–H groups in total. The van der Waals surface area contributed by atoms with E-state index < -0.39 is 5.95 Å². The molecule has 4 nitrogen and oxygen atoms in total. The molecular formula is C12H11FN4. The Morgan fingerprint density at radius 2 is 2.29 bits per heavy atom. The van der Waals surface area contributed by atoms with E-state index in [0.717, 1.165) is 0 Å². The standard InChI is InChI=1S/C12H11FN4/c1-9-6-15-4-5-17(9)8-11(14)10-2-3-12(13)16-7-10/h2-8H,1,14H2/b11-8-. The predicted octanol–water partition coefficient (Wildman–Crippen LogP) is 1.85. The van der Waals surface area contributed by atoms with Gasteiger partial charge >= 0.3 is 0 Å². The molecule has 0 amide bonds. The third kappa shape index (κ3) is 2.57. The van der Waals surface area contributed by atoms with E-state index in [1.807, 2.05) is 0 Å². The average molecular weight is 230 g/mol. The molecule has 0 atom stereocenters. The number of rotatable bonds is 2. The first kappa shape index (κ1) is 11.1. The molecule has 2 heterocycles. The lowest BCUT2D eigenvalue weighted by Crippen LogP contribution is -2.14. The Kier molecular flexibility index (Phi) is 3.00. The second-order valence-electron chi connectivity index (χ2n) is 3.43. The minimum atomic E-state index is -0.532. The van der Waals surface area contributed by atoms with E-state index in [-0.39, 0.29) is 0 Å². The highest BCUT2D eigenvalue weighted by Gasteiger charge is 2.05. The number of pyridine rings is 1. The van der Waals surface area contributed by atoms with Gasteiger partial charge in [0.2, 0.25) is 5.95 Å². The monoisotopic (exact) mass is 230 g/mol. The van der Waals surface area contributed by atoms with Crippen LogP contribution in [0.15, 0.2) is 54.2 Å². The van der Waals surface area contributed by atoms with Gasteiger partial charge in [-0.05, 0) is 12.1 Å². The minimum absolute atomic E-state index is 0.471. The SMILES string of the molecule is C=C1C=NC=CN1/C=C(\N)c1ccc(F)nc1. The van der Waals surface area contributed by atoms with Gasteiger partial charge in [-0.25, -0.2) is 4.98 Å². The van der Waals surface area contributed by atoms with Gasteiger partial charge in [-0.1, -0.05) is 6.58 Å². The lowest BCUT2D eigenvalue weighted by atomic mass is 10.2. The second kappa shape index (κ2) is 4.61. The summed E-state index contributed by atoms with van der Waals surface area (Å²) in [5, 5.41) is 0. The molecule has 1 aromatic rings. The van der Waals surface area contributed by atoms with E-state index >= 15 is 0 Å². The first-order valence-electron chi connectivity index (χ1n) is 4.93. The highest BCUT2D eigenvalue weighted by molar-refractivity contribution is 5.79. The Bertz CT molecular complexity index is 514. The van der Waals surface area contributed by atoms with Crippen LogP contribution >= 0.6 is 0 Å². The zero-order valence-electron chi connectivity index (χ0n) is 9.05. The summed E-state index contributed by atoms with van der Waals surface area (Å²) in [7, 11) is 0. The van der Waals surface area contributed by atoms with Crippen molar-refractivity contribution in [2.24, 2.45) is 10.7 Å². The molecule has 1 aromatic heterocycles.